The number of aromatic nitrogens is 1. The van der Waals surface area contributed by atoms with E-state index in [2.05, 4.69) is 15.0 Å². The first-order valence-electron chi connectivity index (χ1n) is 6.41. The fourth-order valence-corrected chi connectivity index (χ4v) is 2.23. The van der Waals surface area contributed by atoms with E-state index in [1.54, 1.807) is 30.3 Å². The molecule has 0 aliphatic carbocycles. The summed E-state index contributed by atoms with van der Waals surface area (Å²) in [5.74, 6) is 0.159. The zero-order valence-corrected chi connectivity index (χ0v) is 12.4. The number of nitrogens with one attached hydrogen (secondary N) is 1. The van der Waals surface area contributed by atoms with Crippen LogP contribution in [0.4, 0.5) is 14.5 Å². The highest BCUT2D eigenvalue weighted by atomic mass is 35.5. The van der Waals surface area contributed by atoms with Gasteiger partial charge in [-0.15, -0.1) is 0 Å². The van der Waals surface area contributed by atoms with E-state index in [0.717, 1.165) is 11.4 Å². The fourth-order valence-electron chi connectivity index (χ4n) is 2.04. The summed E-state index contributed by atoms with van der Waals surface area (Å²) in [5, 5.41) is 3.63. The molecule has 1 heterocycles. The average Bonchev–Trinajstić information content (AvgIpc) is 2.42. The molecule has 1 aromatic heterocycles. The maximum atomic E-state index is 12.4. The van der Waals surface area contributed by atoms with E-state index in [-0.39, 0.29) is 11.8 Å². The quantitative estimate of drug-likeness (QED) is 0.804. The minimum Gasteiger partial charge on any atom is -0.434 e. The van der Waals surface area contributed by atoms with Gasteiger partial charge in [-0.05, 0) is 32.0 Å². The number of alkyl halides is 2. The van der Waals surface area contributed by atoms with Gasteiger partial charge in [0, 0.05) is 5.56 Å². The van der Waals surface area contributed by atoms with Crippen LogP contribution in [-0.4, -0.2) is 11.6 Å². The van der Waals surface area contributed by atoms with Gasteiger partial charge in [0.25, 0.3) is 0 Å². The van der Waals surface area contributed by atoms with Gasteiger partial charge < -0.3 is 10.1 Å². The predicted molar refractivity (Wildman–Crippen MR) is 79.1 cm³/mol. The van der Waals surface area contributed by atoms with Crippen LogP contribution in [0, 0.1) is 6.92 Å². The molecule has 1 atom stereocenters. The second-order valence-electron chi connectivity index (χ2n) is 4.55. The van der Waals surface area contributed by atoms with Gasteiger partial charge in [-0.2, -0.15) is 8.78 Å². The molecule has 1 N–H and O–H groups in total. The zero-order valence-electron chi connectivity index (χ0n) is 11.6. The summed E-state index contributed by atoms with van der Waals surface area (Å²) in [6, 6.07) is 9.95. The van der Waals surface area contributed by atoms with Crippen LogP contribution < -0.4 is 10.1 Å². The Labute approximate surface area is 126 Å². The number of ether oxygens (including phenoxy) is 1. The highest BCUT2D eigenvalue weighted by Gasteiger charge is 2.15. The third-order valence-corrected chi connectivity index (χ3v) is 3.24. The number of hydrogen-bond donors (Lipinski definition) is 1. The predicted octanol–water partition coefficient (Wildman–Crippen LogP) is 4.82. The van der Waals surface area contributed by atoms with Crippen molar-refractivity contribution in [1.29, 1.82) is 0 Å². The van der Waals surface area contributed by atoms with Crippen LogP contribution in [0.2, 0.25) is 5.15 Å². The third kappa shape index (κ3) is 4.04. The van der Waals surface area contributed by atoms with Gasteiger partial charge >= 0.3 is 6.61 Å². The summed E-state index contributed by atoms with van der Waals surface area (Å²) in [5.41, 5.74) is 2.17. The van der Waals surface area contributed by atoms with Crippen LogP contribution in [0.25, 0.3) is 0 Å². The lowest BCUT2D eigenvalue weighted by Gasteiger charge is -2.20. The molecule has 0 fully saturated rings. The van der Waals surface area contributed by atoms with Gasteiger partial charge in [-0.1, -0.05) is 29.8 Å². The lowest BCUT2D eigenvalue weighted by Crippen LogP contribution is -2.12. The minimum atomic E-state index is -2.85. The lowest BCUT2D eigenvalue weighted by atomic mass is 10.1. The molecule has 21 heavy (non-hydrogen) atoms. The summed E-state index contributed by atoms with van der Waals surface area (Å²) in [6.07, 6.45) is 0. The van der Waals surface area contributed by atoms with E-state index in [1.165, 1.54) is 6.07 Å². The highest BCUT2D eigenvalue weighted by Crippen LogP contribution is 2.29. The molecule has 3 nitrogen and oxygen atoms in total. The van der Waals surface area contributed by atoms with E-state index >= 15 is 0 Å². The molecule has 2 rings (SSSR count). The Hall–Kier alpha value is -1.88. The lowest BCUT2D eigenvalue weighted by molar-refractivity contribution is -0.0505. The molecular weight excluding hydrogens is 298 g/mol. The van der Waals surface area contributed by atoms with Crippen molar-refractivity contribution in [3.63, 3.8) is 0 Å². The highest BCUT2D eigenvalue weighted by molar-refractivity contribution is 6.29. The van der Waals surface area contributed by atoms with Crippen molar-refractivity contribution in [1.82, 2.24) is 4.98 Å². The number of aryl methyl sites for hydroxylation is 1. The Morgan fingerprint density at radius 3 is 2.57 bits per heavy atom. The average molecular weight is 313 g/mol. The number of pyridine rings is 1. The molecule has 0 saturated heterocycles. The number of halogens is 3. The Morgan fingerprint density at radius 1 is 1.19 bits per heavy atom. The molecule has 0 radical (unpaired) electrons. The second-order valence-corrected chi connectivity index (χ2v) is 4.94. The van der Waals surface area contributed by atoms with Gasteiger partial charge in [0.15, 0.2) is 0 Å². The van der Waals surface area contributed by atoms with Crippen LogP contribution in [0.15, 0.2) is 36.4 Å². The monoisotopic (exact) mass is 312 g/mol. The maximum Gasteiger partial charge on any atom is 0.387 e. The van der Waals surface area contributed by atoms with Gasteiger partial charge in [0.1, 0.15) is 10.9 Å². The van der Waals surface area contributed by atoms with Crippen molar-refractivity contribution < 1.29 is 13.5 Å². The Balaban J connectivity index is 2.22. The number of para-hydroxylation sites is 1. The summed E-state index contributed by atoms with van der Waals surface area (Å²) in [4.78, 5) is 4.14. The number of hydrogen-bond acceptors (Lipinski definition) is 3. The summed E-state index contributed by atoms with van der Waals surface area (Å²) in [6.45, 7) is 0.835. The van der Waals surface area contributed by atoms with Crippen LogP contribution in [0.1, 0.15) is 24.2 Å². The molecule has 0 aliphatic heterocycles. The molecule has 0 saturated carbocycles. The fraction of sp³-hybridized carbons (Fsp3) is 0.267. The van der Waals surface area contributed by atoms with E-state index in [0.29, 0.717) is 10.7 Å². The van der Waals surface area contributed by atoms with E-state index < -0.39 is 6.61 Å². The van der Waals surface area contributed by atoms with Crippen molar-refractivity contribution in [2.75, 3.05) is 5.32 Å². The molecule has 0 spiro atoms. The first-order valence-corrected chi connectivity index (χ1v) is 6.78. The molecule has 0 amide bonds. The third-order valence-electron chi connectivity index (χ3n) is 3.03. The summed E-state index contributed by atoms with van der Waals surface area (Å²) >= 11 is 5.81. The molecule has 1 unspecified atom stereocenters. The number of benzene rings is 1. The number of rotatable bonds is 5. The SMILES string of the molecule is Cc1nc(Cl)ccc1NC(C)c1ccccc1OC(F)F. The van der Waals surface area contributed by atoms with Crippen LogP contribution in [-0.2, 0) is 0 Å². The smallest absolute Gasteiger partial charge is 0.387 e. The molecule has 2 aromatic rings. The van der Waals surface area contributed by atoms with Crippen LogP contribution in [0.5, 0.6) is 5.75 Å². The summed E-state index contributed by atoms with van der Waals surface area (Å²) < 4.78 is 29.4. The van der Waals surface area contributed by atoms with E-state index in [1.807, 2.05) is 13.8 Å². The molecule has 0 aliphatic rings. The van der Waals surface area contributed by atoms with E-state index in [4.69, 9.17) is 11.6 Å². The van der Waals surface area contributed by atoms with Gasteiger partial charge in [0.2, 0.25) is 0 Å². The molecule has 6 heteroatoms. The Morgan fingerprint density at radius 2 is 1.90 bits per heavy atom. The van der Waals surface area contributed by atoms with Crippen molar-refractivity contribution in [3.05, 3.63) is 52.8 Å². The van der Waals surface area contributed by atoms with Crippen molar-refractivity contribution in [2.24, 2.45) is 0 Å². The summed E-state index contributed by atoms with van der Waals surface area (Å²) in [7, 11) is 0. The molecule has 0 bridgehead atoms. The minimum absolute atomic E-state index is 0.159. The number of nitrogens with zero attached hydrogens (tertiary/aromatic N) is 1. The largest absolute Gasteiger partial charge is 0.434 e. The van der Waals surface area contributed by atoms with E-state index in [9.17, 15) is 8.78 Å². The number of anilines is 1. The second kappa shape index (κ2) is 6.72. The topological polar surface area (TPSA) is 34.2 Å². The molecule has 1 aromatic carbocycles. The zero-order chi connectivity index (χ0) is 15.4. The Kier molecular flexibility index (Phi) is 4.96. The van der Waals surface area contributed by atoms with Gasteiger partial charge in [-0.25, -0.2) is 4.98 Å². The molecule has 112 valence electrons. The van der Waals surface area contributed by atoms with Gasteiger partial charge in [-0.3, -0.25) is 0 Å². The van der Waals surface area contributed by atoms with Crippen molar-refractivity contribution >= 4 is 17.3 Å². The first kappa shape index (κ1) is 15.5. The normalized spacial score (nSPS) is 12.3. The Bertz CT molecular complexity index is 622. The standard InChI is InChI=1S/C15H15ClF2N2O/c1-9(19-12-7-8-14(16)20-10(12)2)11-5-3-4-6-13(11)21-15(17)18/h3-9,15,19H,1-2H3. The molecular formula is C15H15ClF2N2O. The first-order chi connectivity index (χ1) is 9.97. The van der Waals surface area contributed by atoms with Crippen LogP contribution >= 0.6 is 11.6 Å². The van der Waals surface area contributed by atoms with Gasteiger partial charge in [0.05, 0.1) is 17.4 Å². The van der Waals surface area contributed by atoms with Crippen LogP contribution in [0.3, 0.4) is 0 Å². The van der Waals surface area contributed by atoms with Crippen molar-refractivity contribution in [3.8, 4) is 5.75 Å². The van der Waals surface area contributed by atoms with Crippen molar-refractivity contribution in [2.45, 2.75) is 26.5 Å². The maximum absolute atomic E-state index is 12.4.